The molecule has 146 valence electrons. The Morgan fingerprint density at radius 3 is 2.59 bits per heavy atom. The van der Waals surface area contributed by atoms with E-state index in [1.54, 1.807) is 18.3 Å². The molecule has 0 bridgehead atoms. The number of nitrogens with zero attached hydrogens (tertiary/aromatic N) is 4. The van der Waals surface area contributed by atoms with Crippen molar-refractivity contribution in [2.24, 2.45) is 0 Å². The summed E-state index contributed by atoms with van der Waals surface area (Å²) < 4.78 is 4.55. The Kier molecular flexibility index (Phi) is 5.57. The van der Waals surface area contributed by atoms with Gasteiger partial charge in [0, 0.05) is 24.0 Å². The predicted octanol–water partition coefficient (Wildman–Crippen LogP) is 4.50. The molecule has 4 aromatic rings. The molecule has 4 rings (SSSR count). The quantitative estimate of drug-likeness (QED) is 0.471. The average Bonchev–Trinajstić information content (AvgIpc) is 3.32. The second-order valence-electron chi connectivity index (χ2n) is 6.89. The summed E-state index contributed by atoms with van der Waals surface area (Å²) in [6.07, 6.45) is 5.50. The third kappa shape index (κ3) is 5.00. The van der Waals surface area contributed by atoms with Gasteiger partial charge in [0.2, 0.25) is 0 Å². The lowest BCUT2D eigenvalue weighted by Crippen LogP contribution is -2.13. The maximum Gasteiger partial charge on any atom is 0.256 e. The number of anilines is 1. The summed E-state index contributed by atoms with van der Waals surface area (Å²) in [5.41, 5.74) is 3.97. The maximum absolute atomic E-state index is 12.6. The minimum absolute atomic E-state index is 0.186. The highest BCUT2D eigenvalue weighted by Crippen LogP contribution is 2.13. The van der Waals surface area contributed by atoms with E-state index in [1.165, 1.54) is 5.56 Å². The van der Waals surface area contributed by atoms with E-state index in [9.17, 15) is 4.79 Å². The first-order chi connectivity index (χ1) is 14.0. The van der Waals surface area contributed by atoms with Crippen LogP contribution >= 0.6 is 15.9 Å². The van der Waals surface area contributed by atoms with Crippen LogP contribution in [0.5, 0.6) is 0 Å². The van der Waals surface area contributed by atoms with Crippen molar-refractivity contribution in [3.8, 4) is 0 Å². The monoisotopic (exact) mass is 449 g/mol. The van der Waals surface area contributed by atoms with Gasteiger partial charge in [-0.25, -0.2) is 0 Å². The SMILES string of the molecule is Cc1ccc(Cn2ccc(NC(=O)c3cccc(Cn4cc(Br)cn4)c3)n2)cc1. The minimum atomic E-state index is -0.186. The number of amides is 1. The third-order valence-electron chi connectivity index (χ3n) is 4.48. The Labute approximate surface area is 177 Å². The lowest BCUT2D eigenvalue weighted by molar-refractivity contribution is 0.102. The average molecular weight is 450 g/mol. The van der Waals surface area contributed by atoms with E-state index in [4.69, 9.17) is 0 Å². The van der Waals surface area contributed by atoms with E-state index < -0.39 is 0 Å². The number of benzene rings is 2. The van der Waals surface area contributed by atoms with Crippen molar-refractivity contribution >= 4 is 27.7 Å². The molecule has 0 saturated carbocycles. The summed E-state index contributed by atoms with van der Waals surface area (Å²) in [5.74, 6) is 0.345. The molecular weight excluding hydrogens is 430 g/mol. The standard InChI is InChI=1S/C22H20BrN5O/c1-16-5-7-17(8-6-16)13-27-10-9-21(26-27)25-22(29)19-4-2-3-18(11-19)14-28-15-20(23)12-24-28/h2-12,15H,13-14H2,1H3,(H,25,26,29). The largest absolute Gasteiger partial charge is 0.305 e. The number of hydrogen-bond donors (Lipinski definition) is 1. The number of carbonyl (C=O) groups is 1. The van der Waals surface area contributed by atoms with Crippen LogP contribution in [0.25, 0.3) is 0 Å². The van der Waals surface area contributed by atoms with E-state index in [0.29, 0.717) is 24.5 Å². The number of rotatable bonds is 6. The van der Waals surface area contributed by atoms with Gasteiger partial charge in [-0.2, -0.15) is 10.2 Å². The van der Waals surface area contributed by atoms with Gasteiger partial charge in [0.15, 0.2) is 5.82 Å². The summed E-state index contributed by atoms with van der Waals surface area (Å²) in [4.78, 5) is 12.6. The van der Waals surface area contributed by atoms with Gasteiger partial charge in [0.25, 0.3) is 5.91 Å². The molecular formula is C22H20BrN5O. The zero-order chi connectivity index (χ0) is 20.2. The van der Waals surface area contributed by atoms with Crippen molar-refractivity contribution < 1.29 is 4.79 Å². The van der Waals surface area contributed by atoms with Crippen molar-refractivity contribution in [3.05, 3.63) is 99.9 Å². The second-order valence-corrected chi connectivity index (χ2v) is 7.81. The van der Waals surface area contributed by atoms with Gasteiger partial charge in [-0.3, -0.25) is 14.2 Å². The van der Waals surface area contributed by atoms with Gasteiger partial charge in [0.05, 0.1) is 23.8 Å². The molecule has 0 radical (unpaired) electrons. The summed E-state index contributed by atoms with van der Waals surface area (Å²) >= 11 is 3.39. The fourth-order valence-electron chi connectivity index (χ4n) is 3.01. The molecule has 0 fully saturated rings. The fourth-order valence-corrected chi connectivity index (χ4v) is 3.34. The number of hydrogen-bond acceptors (Lipinski definition) is 3. The molecule has 29 heavy (non-hydrogen) atoms. The van der Waals surface area contributed by atoms with Crippen LogP contribution in [0.1, 0.15) is 27.0 Å². The van der Waals surface area contributed by atoms with Crippen molar-refractivity contribution in [1.82, 2.24) is 19.6 Å². The molecule has 1 N–H and O–H groups in total. The highest BCUT2D eigenvalue weighted by atomic mass is 79.9. The first-order valence-corrected chi connectivity index (χ1v) is 10.0. The Morgan fingerprint density at radius 2 is 1.83 bits per heavy atom. The molecule has 6 nitrogen and oxygen atoms in total. The number of halogens is 1. The van der Waals surface area contributed by atoms with Gasteiger partial charge in [-0.05, 0) is 46.1 Å². The molecule has 0 aliphatic rings. The molecule has 2 heterocycles. The second kappa shape index (κ2) is 8.45. The summed E-state index contributed by atoms with van der Waals surface area (Å²) in [6.45, 7) is 3.32. The van der Waals surface area contributed by atoms with Crippen LogP contribution in [-0.2, 0) is 13.1 Å². The third-order valence-corrected chi connectivity index (χ3v) is 4.89. The molecule has 0 aliphatic heterocycles. The number of nitrogens with one attached hydrogen (secondary N) is 1. The number of aryl methyl sites for hydroxylation is 1. The minimum Gasteiger partial charge on any atom is -0.305 e. The van der Waals surface area contributed by atoms with E-state index >= 15 is 0 Å². The summed E-state index contributed by atoms with van der Waals surface area (Å²) in [5, 5.41) is 11.6. The van der Waals surface area contributed by atoms with Crippen LogP contribution in [0.4, 0.5) is 5.82 Å². The Balaban J connectivity index is 1.41. The zero-order valence-corrected chi connectivity index (χ0v) is 17.5. The van der Waals surface area contributed by atoms with Gasteiger partial charge in [0.1, 0.15) is 0 Å². The maximum atomic E-state index is 12.6. The van der Waals surface area contributed by atoms with Gasteiger partial charge in [-0.15, -0.1) is 0 Å². The lowest BCUT2D eigenvalue weighted by atomic mass is 10.1. The Hall–Kier alpha value is -3.19. The van der Waals surface area contributed by atoms with E-state index in [1.807, 2.05) is 40.0 Å². The van der Waals surface area contributed by atoms with Gasteiger partial charge < -0.3 is 5.32 Å². The first kappa shape index (κ1) is 19.1. The molecule has 0 atom stereocenters. The van der Waals surface area contributed by atoms with Crippen molar-refractivity contribution in [3.63, 3.8) is 0 Å². The van der Waals surface area contributed by atoms with Crippen LogP contribution < -0.4 is 5.32 Å². The van der Waals surface area contributed by atoms with Crippen molar-refractivity contribution in [2.45, 2.75) is 20.0 Å². The van der Waals surface area contributed by atoms with Gasteiger partial charge >= 0.3 is 0 Å². The van der Waals surface area contributed by atoms with Crippen LogP contribution in [0.3, 0.4) is 0 Å². The molecule has 2 aromatic heterocycles. The van der Waals surface area contributed by atoms with E-state index in [-0.39, 0.29) is 5.91 Å². The molecule has 0 unspecified atom stereocenters. The summed E-state index contributed by atoms with van der Waals surface area (Å²) in [7, 11) is 0. The number of aromatic nitrogens is 4. The zero-order valence-electron chi connectivity index (χ0n) is 15.9. The summed E-state index contributed by atoms with van der Waals surface area (Å²) in [6, 6.07) is 17.6. The number of carbonyl (C=O) groups excluding carboxylic acids is 1. The van der Waals surface area contributed by atoms with Crippen molar-refractivity contribution in [2.75, 3.05) is 5.32 Å². The molecule has 0 aliphatic carbocycles. The van der Waals surface area contributed by atoms with Gasteiger partial charge in [-0.1, -0.05) is 42.0 Å². The normalized spacial score (nSPS) is 10.8. The van der Waals surface area contributed by atoms with E-state index in [2.05, 4.69) is 62.6 Å². The van der Waals surface area contributed by atoms with Crippen LogP contribution in [-0.4, -0.2) is 25.5 Å². The fraction of sp³-hybridized carbons (Fsp3) is 0.136. The predicted molar refractivity (Wildman–Crippen MR) is 116 cm³/mol. The first-order valence-electron chi connectivity index (χ1n) is 9.22. The highest BCUT2D eigenvalue weighted by molar-refractivity contribution is 9.10. The molecule has 0 spiro atoms. The van der Waals surface area contributed by atoms with Crippen LogP contribution in [0.15, 0.2) is 77.7 Å². The Morgan fingerprint density at radius 1 is 1.03 bits per heavy atom. The molecule has 1 amide bonds. The van der Waals surface area contributed by atoms with E-state index in [0.717, 1.165) is 15.6 Å². The topological polar surface area (TPSA) is 64.7 Å². The smallest absolute Gasteiger partial charge is 0.256 e. The van der Waals surface area contributed by atoms with Crippen molar-refractivity contribution in [1.29, 1.82) is 0 Å². The van der Waals surface area contributed by atoms with Crippen LogP contribution in [0.2, 0.25) is 0 Å². The van der Waals surface area contributed by atoms with Crippen LogP contribution in [0, 0.1) is 6.92 Å². The Bertz CT molecular complexity index is 1130. The highest BCUT2D eigenvalue weighted by Gasteiger charge is 2.09. The lowest BCUT2D eigenvalue weighted by Gasteiger charge is -2.06. The molecule has 0 saturated heterocycles. The molecule has 7 heteroatoms. The molecule has 2 aromatic carbocycles.